The summed E-state index contributed by atoms with van der Waals surface area (Å²) in [4.78, 5) is 4.36. The van der Waals surface area contributed by atoms with Gasteiger partial charge in [-0.05, 0) is 133 Å². The van der Waals surface area contributed by atoms with Crippen LogP contribution in [-0.2, 0) is 0 Å². The number of fused-ring (bicyclic) bond motifs is 3. The smallest absolute Gasteiger partial charge is 0.189 e. The fourth-order valence-corrected chi connectivity index (χ4v) is 8.52. The average Bonchev–Trinajstić information content (AvgIpc) is 3.70. The van der Waals surface area contributed by atoms with Crippen molar-refractivity contribution in [3.05, 3.63) is 255 Å². The van der Waals surface area contributed by atoms with Gasteiger partial charge < -0.3 is 28.7 Å². The van der Waals surface area contributed by atoms with E-state index in [4.69, 9.17) is 18.9 Å². The molecule has 0 saturated heterocycles. The van der Waals surface area contributed by atoms with Crippen molar-refractivity contribution in [1.82, 2.24) is 4.57 Å². The molecule has 10 aromatic carbocycles. The number of anilines is 6. The molecule has 0 spiro atoms. The first kappa shape index (κ1) is 42.0. The summed E-state index contributed by atoms with van der Waals surface area (Å²) < 4.78 is 27.1. The van der Waals surface area contributed by atoms with Crippen molar-refractivity contribution in [1.29, 1.82) is 5.26 Å². The normalized spacial score (nSPS) is 10.9. The van der Waals surface area contributed by atoms with Crippen molar-refractivity contribution in [2.75, 3.05) is 9.80 Å². The highest BCUT2D eigenvalue weighted by Crippen LogP contribution is 2.44. The van der Waals surface area contributed by atoms with Crippen LogP contribution in [0, 0.1) is 11.5 Å². The highest BCUT2D eigenvalue weighted by molar-refractivity contribution is 6.11. The number of rotatable bonds is 14. The Morgan fingerprint density at radius 3 is 0.812 bits per heavy atom. The SMILES string of the molecule is N#Cn1c2ccc(N(c3cccc(Oc4ccccc4)c3)c3cccc(Oc4ccccc4)c3)cc2c2cc(N(c3cccc(Oc4ccccc4)c3)c3cccc(Oc4ccccc4)c3)ccc21. The first-order valence-corrected chi connectivity index (χ1v) is 22.5. The summed E-state index contributed by atoms with van der Waals surface area (Å²) in [6.07, 6.45) is 2.46. The molecule has 8 heteroatoms. The van der Waals surface area contributed by atoms with E-state index >= 15 is 0 Å². The van der Waals surface area contributed by atoms with Gasteiger partial charge in [0, 0.05) is 69.2 Å². The van der Waals surface area contributed by atoms with Crippen LogP contribution in [0.4, 0.5) is 34.1 Å². The van der Waals surface area contributed by atoms with Crippen LogP contribution >= 0.6 is 0 Å². The third-order valence-corrected chi connectivity index (χ3v) is 11.6. The fraction of sp³-hybridized carbons (Fsp3) is 0. The molecule has 0 aliphatic rings. The number of hydrogen-bond donors (Lipinski definition) is 0. The quantitative estimate of drug-likeness (QED) is 0.108. The molecule has 11 aromatic rings. The van der Waals surface area contributed by atoms with Gasteiger partial charge in [0.05, 0.1) is 11.0 Å². The van der Waals surface area contributed by atoms with Gasteiger partial charge in [0.1, 0.15) is 46.0 Å². The molecule has 0 unspecified atom stereocenters. The molecule has 0 radical (unpaired) electrons. The Labute approximate surface area is 399 Å². The summed E-state index contributed by atoms with van der Waals surface area (Å²) in [5.41, 5.74) is 6.75. The van der Waals surface area contributed by atoms with Crippen molar-refractivity contribution in [2.24, 2.45) is 0 Å². The van der Waals surface area contributed by atoms with Gasteiger partial charge in [-0.25, -0.2) is 4.57 Å². The van der Waals surface area contributed by atoms with Crippen LogP contribution in [0.1, 0.15) is 0 Å². The van der Waals surface area contributed by atoms with Crippen molar-refractivity contribution in [3.63, 3.8) is 0 Å². The zero-order valence-electron chi connectivity index (χ0n) is 37.2. The summed E-state index contributed by atoms with van der Waals surface area (Å²) in [7, 11) is 0. The number of benzene rings is 10. The van der Waals surface area contributed by atoms with E-state index in [0.717, 1.165) is 78.9 Å². The van der Waals surface area contributed by atoms with Crippen LogP contribution in [0.3, 0.4) is 0 Å². The molecule has 0 atom stereocenters. The Hall–Kier alpha value is -9.71. The molecule has 1 heterocycles. The van der Waals surface area contributed by atoms with E-state index in [1.165, 1.54) is 0 Å². The summed E-state index contributed by atoms with van der Waals surface area (Å²) >= 11 is 0. The van der Waals surface area contributed by atoms with Gasteiger partial charge in [-0.2, -0.15) is 5.26 Å². The Bertz CT molecular complexity index is 3190. The monoisotopic (exact) mass is 894 g/mol. The van der Waals surface area contributed by atoms with Gasteiger partial charge >= 0.3 is 0 Å². The number of ether oxygens (including phenoxy) is 4. The Balaban J connectivity index is 1.05. The van der Waals surface area contributed by atoms with Crippen LogP contribution in [0.2, 0.25) is 0 Å². The van der Waals surface area contributed by atoms with Gasteiger partial charge in [-0.3, -0.25) is 0 Å². The first-order chi connectivity index (χ1) is 34.1. The number of nitriles is 1. The standard InChI is InChI=1S/C61H42N4O4/c62-43-63-60-35-33-48(64(44-17-13-29-54(37-44)66-50-21-5-1-6-22-50)45-18-14-30-55(38-45)67-51-23-7-2-8-24-51)41-58(60)59-42-49(34-36-61(59)63)65(46-19-15-31-56(39-46)68-52-25-9-3-10-26-52)47-20-16-32-57(40-47)69-53-27-11-4-12-28-53/h1-42H. The van der Waals surface area contributed by atoms with Crippen LogP contribution in [0.5, 0.6) is 46.0 Å². The molecule has 0 amide bonds. The molecule has 8 nitrogen and oxygen atoms in total. The molecule has 0 N–H and O–H groups in total. The van der Waals surface area contributed by atoms with Crippen molar-refractivity contribution < 1.29 is 18.9 Å². The van der Waals surface area contributed by atoms with Crippen LogP contribution < -0.4 is 28.7 Å². The highest BCUT2D eigenvalue weighted by atomic mass is 16.5. The maximum absolute atomic E-state index is 10.7. The van der Waals surface area contributed by atoms with Crippen molar-refractivity contribution >= 4 is 55.9 Å². The lowest BCUT2D eigenvalue weighted by Crippen LogP contribution is -2.10. The molecular weight excluding hydrogens is 853 g/mol. The molecular formula is C61H42N4O4. The molecule has 11 rings (SSSR count). The third-order valence-electron chi connectivity index (χ3n) is 11.6. The van der Waals surface area contributed by atoms with E-state index in [1.807, 2.05) is 218 Å². The van der Waals surface area contributed by atoms with E-state index in [0.29, 0.717) is 23.0 Å². The van der Waals surface area contributed by atoms with Crippen molar-refractivity contribution in [3.8, 4) is 52.2 Å². The Morgan fingerprint density at radius 1 is 0.275 bits per heavy atom. The fourth-order valence-electron chi connectivity index (χ4n) is 8.52. The van der Waals surface area contributed by atoms with Gasteiger partial charge in [0.2, 0.25) is 0 Å². The second-order valence-electron chi connectivity index (χ2n) is 16.2. The van der Waals surface area contributed by atoms with Gasteiger partial charge in [-0.1, -0.05) is 97.1 Å². The molecule has 330 valence electrons. The largest absolute Gasteiger partial charge is 0.457 e. The van der Waals surface area contributed by atoms with Crippen LogP contribution in [-0.4, -0.2) is 4.57 Å². The van der Waals surface area contributed by atoms with Gasteiger partial charge in [0.15, 0.2) is 6.19 Å². The second-order valence-corrected chi connectivity index (χ2v) is 16.2. The lowest BCUT2D eigenvalue weighted by Gasteiger charge is -2.27. The molecule has 0 aliphatic carbocycles. The molecule has 0 bridgehead atoms. The van der Waals surface area contributed by atoms with Crippen LogP contribution in [0.15, 0.2) is 255 Å². The van der Waals surface area contributed by atoms with E-state index in [1.54, 1.807) is 4.57 Å². The van der Waals surface area contributed by atoms with Gasteiger partial charge in [-0.15, -0.1) is 0 Å². The molecule has 0 fully saturated rings. The molecule has 0 aliphatic heterocycles. The zero-order valence-corrected chi connectivity index (χ0v) is 37.2. The maximum Gasteiger partial charge on any atom is 0.189 e. The number of aromatic nitrogens is 1. The zero-order chi connectivity index (χ0) is 46.4. The highest BCUT2D eigenvalue weighted by Gasteiger charge is 2.21. The summed E-state index contributed by atoms with van der Waals surface area (Å²) in [6, 6.07) is 83.6. The Kier molecular flexibility index (Phi) is 11.6. The average molecular weight is 895 g/mol. The third kappa shape index (κ3) is 9.12. The maximum atomic E-state index is 10.7. The molecule has 1 aromatic heterocycles. The minimum absolute atomic E-state index is 0.684. The molecule has 0 saturated carbocycles. The Morgan fingerprint density at radius 2 is 0.536 bits per heavy atom. The summed E-state index contributed by atoms with van der Waals surface area (Å²) in [5, 5.41) is 12.5. The minimum Gasteiger partial charge on any atom is -0.457 e. The van der Waals surface area contributed by atoms with Gasteiger partial charge in [0.25, 0.3) is 0 Å². The summed E-state index contributed by atoms with van der Waals surface area (Å²) in [5.74, 6) is 5.68. The lowest BCUT2D eigenvalue weighted by molar-refractivity contribution is 0.482. The second kappa shape index (κ2) is 19.0. The molecule has 69 heavy (non-hydrogen) atoms. The minimum atomic E-state index is 0.684. The van der Waals surface area contributed by atoms with Crippen molar-refractivity contribution in [2.45, 2.75) is 0 Å². The topological polar surface area (TPSA) is 72.1 Å². The van der Waals surface area contributed by atoms with Crippen LogP contribution in [0.25, 0.3) is 21.8 Å². The van der Waals surface area contributed by atoms with E-state index in [9.17, 15) is 5.26 Å². The number of para-hydroxylation sites is 4. The van der Waals surface area contributed by atoms with E-state index < -0.39 is 0 Å². The van der Waals surface area contributed by atoms with E-state index in [-0.39, 0.29) is 0 Å². The predicted octanol–water partition coefficient (Wildman–Crippen LogP) is 17.2. The van der Waals surface area contributed by atoms with E-state index in [2.05, 4.69) is 52.4 Å². The predicted molar refractivity (Wildman–Crippen MR) is 276 cm³/mol. The summed E-state index contributed by atoms with van der Waals surface area (Å²) in [6.45, 7) is 0. The number of hydrogen-bond acceptors (Lipinski definition) is 7. The number of nitrogens with zero attached hydrogens (tertiary/aromatic N) is 4. The lowest BCUT2D eigenvalue weighted by atomic mass is 10.1. The first-order valence-electron chi connectivity index (χ1n) is 22.5.